The van der Waals surface area contributed by atoms with Gasteiger partial charge >= 0.3 is 0 Å². The van der Waals surface area contributed by atoms with E-state index in [-0.39, 0.29) is 12.2 Å². The molecule has 4 unspecified atom stereocenters. The van der Waals surface area contributed by atoms with Crippen molar-refractivity contribution in [3.8, 4) is 16.9 Å². The number of rotatable bonds is 10. The SMILES string of the molecule is CCOP(C)(=O)CC1CO1.O=P1(CCCOCC2CO2)Oc2ccccc2-c2ccccc21. The lowest BCUT2D eigenvalue weighted by molar-refractivity contribution is 0.117. The molecule has 33 heavy (non-hydrogen) atoms. The lowest BCUT2D eigenvalue weighted by atomic mass is 10.0. The summed E-state index contributed by atoms with van der Waals surface area (Å²) in [5.41, 5.74) is 2.03. The summed E-state index contributed by atoms with van der Waals surface area (Å²) in [7, 11) is -5.21. The molecule has 7 nitrogen and oxygen atoms in total. The third kappa shape index (κ3) is 7.02. The van der Waals surface area contributed by atoms with Crippen LogP contribution >= 0.6 is 14.7 Å². The molecule has 0 aliphatic carbocycles. The van der Waals surface area contributed by atoms with Crippen LogP contribution in [0.15, 0.2) is 48.5 Å². The van der Waals surface area contributed by atoms with Gasteiger partial charge < -0.3 is 23.3 Å². The van der Waals surface area contributed by atoms with E-state index in [1.165, 1.54) is 0 Å². The zero-order chi connectivity index (χ0) is 23.3. The van der Waals surface area contributed by atoms with Crippen LogP contribution in [0.5, 0.6) is 5.75 Å². The highest BCUT2D eigenvalue weighted by Crippen LogP contribution is 2.54. The molecule has 0 spiro atoms. The molecule has 0 N–H and O–H groups in total. The van der Waals surface area contributed by atoms with Gasteiger partial charge in [0.05, 0.1) is 44.0 Å². The zero-order valence-electron chi connectivity index (χ0n) is 19.2. The van der Waals surface area contributed by atoms with Crippen molar-refractivity contribution in [3.63, 3.8) is 0 Å². The number of fused-ring (bicyclic) bond motifs is 3. The highest BCUT2D eigenvalue weighted by molar-refractivity contribution is 7.67. The molecule has 0 radical (unpaired) electrons. The van der Waals surface area contributed by atoms with Gasteiger partial charge in [-0.15, -0.1) is 0 Å². The van der Waals surface area contributed by atoms with Gasteiger partial charge in [0.1, 0.15) is 11.9 Å². The van der Waals surface area contributed by atoms with Crippen LogP contribution in [0.2, 0.25) is 0 Å². The van der Waals surface area contributed by atoms with E-state index < -0.39 is 14.7 Å². The smallest absolute Gasteiger partial charge is 0.277 e. The Bertz CT molecular complexity index is 1030. The van der Waals surface area contributed by atoms with Crippen LogP contribution in [0.1, 0.15) is 13.3 Å². The summed E-state index contributed by atoms with van der Waals surface area (Å²) in [5, 5.41) is 0.823. The number of ether oxygens (including phenoxy) is 3. The third-order valence-corrected chi connectivity index (χ3v) is 9.88. The van der Waals surface area contributed by atoms with Crippen LogP contribution in [0.4, 0.5) is 0 Å². The highest BCUT2D eigenvalue weighted by Gasteiger charge is 2.35. The summed E-state index contributed by atoms with van der Waals surface area (Å²) >= 11 is 0. The maximum absolute atomic E-state index is 13.4. The van der Waals surface area contributed by atoms with Gasteiger partial charge in [0.15, 0.2) is 0 Å². The average Bonchev–Trinajstić information content (AvgIpc) is 3.71. The Labute approximate surface area is 195 Å². The molecule has 0 bridgehead atoms. The molecule has 0 saturated carbocycles. The minimum atomic E-state index is -2.90. The number of benzene rings is 2. The van der Waals surface area contributed by atoms with Gasteiger partial charge in [0.25, 0.3) is 7.37 Å². The predicted molar refractivity (Wildman–Crippen MR) is 130 cm³/mol. The fraction of sp³-hybridized carbons (Fsp3) is 0.500. The highest BCUT2D eigenvalue weighted by atomic mass is 31.2. The van der Waals surface area contributed by atoms with E-state index in [1.807, 2.05) is 55.5 Å². The van der Waals surface area contributed by atoms with Crippen molar-refractivity contribution in [3.05, 3.63) is 48.5 Å². The molecule has 9 heteroatoms. The molecule has 2 saturated heterocycles. The third-order valence-electron chi connectivity index (χ3n) is 5.48. The summed E-state index contributed by atoms with van der Waals surface area (Å²) in [6, 6.07) is 15.6. The molecule has 0 aromatic heterocycles. The molecule has 2 aromatic carbocycles. The molecule has 3 heterocycles. The quantitative estimate of drug-likeness (QED) is 0.267. The maximum Gasteiger partial charge on any atom is 0.277 e. The molecule has 2 aromatic rings. The van der Waals surface area contributed by atoms with E-state index in [0.29, 0.717) is 44.3 Å². The van der Waals surface area contributed by atoms with E-state index >= 15 is 0 Å². The Morgan fingerprint density at radius 1 is 1.03 bits per heavy atom. The van der Waals surface area contributed by atoms with E-state index in [1.54, 1.807) is 6.66 Å². The largest absolute Gasteiger partial charge is 0.439 e. The summed E-state index contributed by atoms with van der Waals surface area (Å²) in [5.74, 6) is 0.710. The first kappa shape index (κ1) is 24.7. The molecule has 3 aliphatic heterocycles. The second-order valence-electron chi connectivity index (χ2n) is 8.46. The number of para-hydroxylation sites is 1. The van der Waals surface area contributed by atoms with Crippen molar-refractivity contribution in [1.29, 1.82) is 0 Å². The van der Waals surface area contributed by atoms with Crippen molar-refractivity contribution in [1.82, 2.24) is 0 Å². The molecule has 4 atom stereocenters. The van der Waals surface area contributed by atoms with Crippen LogP contribution in [0, 0.1) is 0 Å². The van der Waals surface area contributed by atoms with Crippen molar-refractivity contribution in [2.24, 2.45) is 0 Å². The van der Waals surface area contributed by atoms with Gasteiger partial charge in [0.2, 0.25) is 7.37 Å². The van der Waals surface area contributed by atoms with Gasteiger partial charge in [0, 0.05) is 25.0 Å². The summed E-state index contributed by atoms with van der Waals surface area (Å²) in [4.78, 5) is 0. The van der Waals surface area contributed by atoms with Gasteiger partial charge in [-0.3, -0.25) is 9.13 Å². The van der Waals surface area contributed by atoms with Crippen molar-refractivity contribution < 1.29 is 32.4 Å². The Hall–Kier alpha value is -1.46. The first-order valence-electron chi connectivity index (χ1n) is 11.4. The molecule has 3 aliphatic rings. The van der Waals surface area contributed by atoms with Gasteiger partial charge in [-0.1, -0.05) is 36.4 Å². The number of hydrogen-bond acceptors (Lipinski definition) is 7. The van der Waals surface area contributed by atoms with E-state index in [0.717, 1.165) is 29.6 Å². The van der Waals surface area contributed by atoms with Crippen LogP contribution < -0.4 is 9.83 Å². The van der Waals surface area contributed by atoms with Gasteiger partial charge in [-0.05, 0) is 31.0 Å². The molecular weight excluding hydrogens is 462 g/mol. The fourth-order valence-corrected chi connectivity index (χ4v) is 7.69. The summed E-state index contributed by atoms with van der Waals surface area (Å²) in [6.45, 7) is 6.81. The first-order valence-corrected chi connectivity index (χ1v) is 15.5. The molecule has 180 valence electrons. The van der Waals surface area contributed by atoms with Crippen LogP contribution in [0.25, 0.3) is 11.1 Å². The topological polar surface area (TPSA) is 86.9 Å². The zero-order valence-corrected chi connectivity index (χ0v) is 21.0. The molecule has 0 amide bonds. The number of hydrogen-bond donors (Lipinski definition) is 0. The van der Waals surface area contributed by atoms with E-state index in [2.05, 4.69) is 0 Å². The second-order valence-corrected chi connectivity index (χ2v) is 13.6. The fourth-order valence-electron chi connectivity index (χ4n) is 3.76. The van der Waals surface area contributed by atoms with E-state index in [4.69, 9.17) is 23.3 Å². The van der Waals surface area contributed by atoms with Crippen LogP contribution in [-0.2, 0) is 27.9 Å². The molecule has 2 fully saturated rings. The normalized spacial score (nSPS) is 26.0. The van der Waals surface area contributed by atoms with Crippen molar-refractivity contribution >= 4 is 20.0 Å². The van der Waals surface area contributed by atoms with Crippen LogP contribution in [-0.4, -0.2) is 64.2 Å². The first-order chi connectivity index (χ1) is 15.9. The lowest BCUT2D eigenvalue weighted by Gasteiger charge is -2.28. The Morgan fingerprint density at radius 3 is 2.39 bits per heavy atom. The number of epoxide rings is 2. The minimum Gasteiger partial charge on any atom is -0.439 e. The Morgan fingerprint density at radius 2 is 1.70 bits per heavy atom. The van der Waals surface area contributed by atoms with Gasteiger partial charge in [-0.25, -0.2) is 0 Å². The van der Waals surface area contributed by atoms with Crippen molar-refractivity contribution in [2.75, 3.05) is 52.0 Å². The summed E-state index contributed by atoms with van der Waals surface area (Å²) < 4.78 is 51.4. The Kier molecular flexibility index (Phi) is 8.11. The summed E-state index contributed by atoms with van der Waals surface area (Å²) in [6.07, 6.45) is 2.26. The lowest BCUT2D eigenvalue weighted by Crippen LogP contribution is -2.20. The maximum atomic E-state index is 13.4. The average molecular weight is 494 g/mol. The second kappa shape index (κ2) is 10.9. The standard InChI is InChI=1S/C18H19O4P.C6H13O3P/c19-23(11-5-10-20-12-14-13-21-14)18-9-4-2-7-16(18)15-6-1-3-8-17(15)22-23;1-3-9-10(2,7)5-6-4-8-6/h1-4,6-9,14H,5,10-13H2;6H,3-5H2,1-2H3. The molecular formula is C24H32O7P2. The predicted octanol–water partition coefficient (Wildman–Crippen LogP) is 4.78. The van der Waals surface area contributed by atoms with Gasteiger partial charge in [-0.2, -0.15) is 0 Å². The monoisotopic (exact) mass is 494 g/mol. The van der Waals surface area contributed by atoms with Crippen molar-refractivity contribution in [2.45, 2.75) is 25.6 Å². The molecule has 5 rings (SSSR count). The minimum absolute atomic E-state index is 0.211. The Balaban J connectivity index is 0.000000219. The van der Waals surface area contributed by atoms with Crippen LogP contribution in [0.3, 0.4) is 0 Å². The van der Waals surface area contributed by atoms with E-state index in [9.17, 15) is 9.13 Å².